The molecule has 0 atom stereocenters. The number of rotatable bonds is 9. The van der Waals surface area contributed by atoms with E-state index >= 15 is 0 Å². The molecule has 0 unspecified atom stereocenters. The first-order valence-corrected chi connectivity index (χ1v) is 22.2. The molecule has 0 bridgehead atoms. The van der Waals surface area contributed by atoms with Gasteiger partial charge in [-0.2, -0.15) is 0 Å². The Labute approximate surface area is 377 Å². The summed E-state index contributed by atoms with van der Waals surface area (Å²) in [5.41, 5.74) is 23.0. The Kier molecular flexibility index (Phi) is 9.94. The molecule has 11 rings (SSSR count). The zero-order valence-corrected chi connectivity index (χ0v) is 36.1. The highest BCUT2D eigenvalue weighted by molar-refractivity contribution is 5.92. The maximum atomic E-state index is 2.44. The normalized spacial score (nSPS) is 12.3. The predicted octanol–water partition coefficient (Wildman–Crippen LogP) is 17.5. The van der Waals surface area contributed by atoms with Crippen molar-refractivity contribution < 1.29 is 0 Å². The van der Waals surface area contributed by atoms with E-state index in [4.69, 9.17) is 0 Å². The minimum Gasteiger partial charge on any atom is -0.310 e. The summed E-state index contributed by atoms with van der Waals surface area (Å²) >= 11 is 0. The van der Waals surface area contributed by atoms with Crippen molar-refractivity contribution in [2.75, 3.05) is 4.90 Å². The van der Waals surface area contributed by atoms with Crippen molar-refractivity contribution in [1.82, 2.24) is 0 Å². The molecule has 0 amide bonds. The summed E-state index contributed by atoms with van der Waals surface area (Å²) in [6, 6.07) is 90.7. The van der Waals surface area contributed by atoms with Gasteiger partial charge in [-0.25, -0.2) is 0 Å². The molecule has 304 valence electrons. The van der Waals surface area contributed by atoms with Gasteiger partial charge >= 0.3 is 0 Å². The molecule has 0 fully saturated rings. The Hall–Kier alpha value is -8.00. The van der Waals surface area contributed by atoms with E-state index < -0.39 is 0 Å². The lowest BCUT2D eigenvalue weighted by molar-refractivity contribution is 0.660. The SMILES string of the molecule is CC1(C)c2cc(-c3ccc(-c4ccc(-c5ccccc5)cc4)cc3)ccc2-c2ccc(N(c3ccc(-c4ccccc4)cc3)c3ccccc3-c3ccc(-c4ccccc4)cc3)cc21. The third-order valence-electron chi connectivity index (χ3n) is 13.1. The van der Waals surface area contributed by atoms with Crippen LogP contribution in [0.3, 0.4) is 0 Å². The van der Waals surface area contributed by atoms with Gasteiger partial charge in [-0.3, -0.25) is 0 Å². The lowest BCUT2D eigenvalue weighted by Gasteiger charge is -2.30. The Bertz CT molecular complexity index is 3220. The van der Waals surface area contributed by atoms with Crippen LogP contribution in [-0.4, -0.2) is 0 Å². The highest BCUT2D eigenvalue weighted by atomic mass is 15.1. The molecule has 0 N–H and O–H groups in total. The molecule has 0 heterocycles. The Morgan fingerprint density at radius 1 is 0.250 bits per heavy atom. The quantitative estimate of drug-likeness (QED) is 0.140. The minimum absolute atomic E-state index is 0.216. The van der Waals surface area contributed by atoms with Gasteiger partial charge < -0.3 is 4.90 Å². The van der Waals surface area contributed by atoms with Crippen LogP contribution in [0.25, 0.3) is 77.9 Å². The zero-order chi connectivity index (χ0) is 43.0. The van der Waals surface area contributed by atoms with E-state index in [1.807, 2.05) is 0 Å². The third kappa shape index (κ3) is 7.21. The van der Waals surface area contributed by atoms with E-state index in [0.29, 0.717) is 0 Å². The molecule has 10 aromatic rings. The van der Waals surface area contributed by atoms with Crippen molar-refractivity contribution >= 4 is 17.1 Å². The first kappa shape index (κ1) is 38.9. The van der Waals surface area contributed by atoms with Crippen LogP contribution in [0.1, 0.15) is 25.0 Å². The van der Waals surface area contributed by atoms with Gasteiger partial charge in [0.2, 0.25) is 0 Å². The van der Waals surface area contributed by atoms with Gasteiger partial charge in [0.15, 0.2) is 0 Å². The average molecular weight is 818 g/mol. The minimum atomic E-state index is -0.216. The fraction of sp³-hybridized carbons (Fsp3) is 0.0476. The number of anilines is 3. The molecule has 10 aromatic carbocycles. The van der Waals surface area contributed by atoms with Crippen molar-refractivity contribution in [3.05, 3.63) is 260 Å². The second kappa shape index (κ2) is 16.4. The molecule has 1 aliphatic carbocycles. The van der Waals surface area contributed by atoms with Crippen molar-refractivity contribution in [3.8, 4) is 77.9 Å². The molecule has 0 radical (unpaired) electrons. The highest BCUT2D eigenvalue weighted by Gasteiger charge is 2.36. The van der Waals surface area contributed by atoms with Crippen molar-refractivity contribution in [2.45, 2.75) is 19.3 Å². The first-order chi connectivity index (χ1) is 31.5. The maximum absolute atomic E-state index is 2.44. The highest BCUT2D eigenvalue weighted by Crippen LogP contribution is 2.52. The van der Waals surface area contributed by atoms with Gasteiger partial charge in [-0.1, -0.05) is 226 Å². The smallest absolute Gasteiger partial charge is 0.0540 e. The van der Waals surface area contributed by atoms with Crippen LogP contribution in [0.2, 0.25) is 0 Å². The number of benzene rings is 10. The summed E-state index contributed by atoms with van der Waals surface area (Å²) < 4.78 is 0. The molecule has 1 aliphatic rings. The van der Waals surface area contributed by atoms with Crippen LogP contribution in [0, 0.1) is 0 Å². The number of para-hydroxylation sites is 1. The number of hydrogen-bond acceptors (Lipinski definition) is 1. The topological polar surface area (TPSA) is 3.24 Å². The van der Waals surface area contributed by atoms with Crippen LogP contribution in [0.4, 0.5) is 17.1 Å². The maximum Gasteiger partial charge on any atom is 0.0540 e. The Morgan fingerprint density at radius 3 is 1.06 bits per heavy atom. The van der Waals surface area contributed by atoms with Crippen molar-refractivity contribution in [2.24, 2.45) is 0 Å². The zero-order valence-electron chi connectivity index (χ0n) is 36.1. The van der Waals surface area contributed by atoms with Gasteiger partial charge in [-0.15, -0.1) is 0 Å². The second-order valence-corrected chi connectivity index (χ2v) is 17.3. The van der Waals surface area contributed by atoms with Crippen molar-refractivity contribution in [3.63, 3.8) is 0 Å². The molecule has 0 saturated heterocycles. The Balaban J connectivity index is 0.941. The van der Waals surface area contributed by atoms with Crippen LogP contribution in [0.15, 0.2) is 249 Å². The molecule has 0 aromatic heterocycles. The van der Waals surface area contributed by atoms with Gasteiger partial charge in [0.25, 0.3) is 0 Å². The first-order valence-electron chi connectivity index (χ1n) is 22.2. The number of hydrogen-bond donors (Lipinski definition) is 0. The van der Waals surface area contributed by atoms with E-state index in [9.17, 15) is 0 Å². The summed E-state index contributed by atoms with van der Waals surface area (Å²) in [5.74, 6) is 0. The Morgan fingerprint density at radius 2 is 0.578 bits per heavy atom. The standard InChI is InChI=1S/C63H47N/c1-63(2)60-42-54(52-28-26-50(27-29-52)49-24-22-47(23-25-49)44-14-6-3-7-15-44)36-40-58(60)59-41-39-56(43-61(59)63)64(55-37-34-51(35-38-55)46-18-10-5-11-19-46)62-21-13-12-20-57(62)53-32-30-48(31-33-53)45-16-8-4-9-17-45/h3-43H,1-2H3. The lowest BCUT2D eigenvalue weighted by atomic mass is 9.81. The monoisotopic (exact) mass is 817 g/mol. The predicted molar refractivity (Wildman–Crippen MR) is 271 cm³/mol. The van der Waals surface area contributed by atoms with E-state index in [-0.39, 0.29) is 5.41 Å². The van der Waals surface area contributed by atoms with E-state index in [2.05, 4.69) is 267 Å². The number of fused-ring (bicyclic) bond motifs is 3. The van der Waals surface area contributed by atoms with Gasteiger partial charge in [-0.05, 0) is 120 Å². The molecular formula is C63H47N. The largest absolute Gasteiger partial charge is 0.310 e. The summed E-state index contributed by atoms with van der Waals surface area (Å²) in [4.78, 5) is 2.44. The molecule has 0 spiro atoms. The molecule has 0 aliphatic heterocycles. The summed E-state index contributed by atoms with van der Waals surface area (Å²) in [7, 11) is 0. The van der Waals surface area contributed by atoms with Crippen LogP contribution >= 0.6 is 0 Å². The molecule has 1 nitrogen and oxygen atoms in total. The fourth-order valence-electron chi connectivity index (χ4n) is 9.63. The number of nitrogens with zero attached hydrogens (tertiary/aromatic N) is 1. The molecule has 1 heteroatoms. The van der Waals surface area contributed by atoms with Gasteiger partial charge in [0, 0.05) is 22.4 Å². The molecule has 64 heavy (non-hydrogen) atoms. The van der Waals surface area contributed by atoms with Crippen LogP contribution in [0.5, 0.6) is 0 Å². The van der Waals surface area contributed by atoms with E-state index in [0.717, 1.165) is 17.1 Å². The molecule has 0 saturated carbocycles. The molecular weight excluding hydrogens is 771 g/mol. The van der Waals surface area contributed by atoms with Crippen molar-refractivity contribution in [1.29, 1.82) is 0 Å². The summed E-state index contributed by atoms with van der Waals surface area (Å²) in [6.45, 7) is 4.77. The van der Waals surface area contributed by atoms with Crippen LogP contribution < -0.4 is 4.90 Å². The van der Waals surface area contributed by atoms with Gasteiger partial charge in [0.05, 0.1) is 5.69 Å². The van der Waals surface area contributed by atoms with Gasteiger partial charge in [0.1, 0.15) is 0 Å². The fourth-order valence-corrected chi connectivity index (χ4v) is 9.63. The van der Waals surface area contributed by atoms with Crippen LogP contribution in [-0.2, 0) is 5.41 Å². The average Bonchev–Trinajstić information content (AvgIpc) is 3.60. The second-order valence-electron chi connectivity index (χ2n) is 17.3. The summed E-state index contributed by atoms with van der Waals surface area (Å²) in [5, 5.41) is 0. The third-order valence-corrected chi connectivity index (χ3v) is 13.1. The lowest BCUT2D eigenvalue weighted by Crippen LogP contribution is -2.17. The van der Waals surface area contributed by atoms with E-state index in [1.54, 1.807) is 0 Å². The summed E-state index contributed by atoms with van der Waals surface area (Å²) in [6.07, 6.45) is 0. The van der Waals surface area contributed by atoms with E-state index in [1.165, 1.54) is 89.0 Å².